The highest BCUT2D eigenvalue weighted by atomic mass is 16.5. The number of amides is 1. The van der Waals surface area contributed by atoms with Crippen LogP contribution in [0.25, 0.3) is 0 Å². The first-order chi connectivity index (χ1) is 13.3. The Kier molecular flexibility index (Phi) is 5.70. The molecule has 1 amide bonds. The van der Waals surface area contributed by atoms with Crippen molar-refractivity contribution in [1.82, 2.24) is 5.32 Å². The number of furan rings is 1. The van der Waals surface area contributed by atoms with Crippen LogP contribution in [0.15, 0.2) is 22.6 Å². The molecule has 1 aromatic heterocycles. The summed E-state index contributed by atoms with van der Waals surface area (Å²) >= 11 is 0. The molecule has 0 saturated carbocycles. The second-order valence-corrected chi connectivity index (χ2v) is 8.15. The Bertz CT molecular complexity index is 868. The molecule has 28 heavy (non-hydrogen) atoms. The Morgan fingerprint density at radius 2 is 2.00 bits per heavy atom. The molecule has 1 aromatic carbocycles. The van der Waals surface area contributed by atoms with E-state index < -0.39 is 6.10 Å². The monoisotopic (exact) mass is 387 g/mol. The number of fused-ring (bicyclic) bond motifs is 1. The lowest BCUT2D eigenvalue weighted by molar-refractivity contribution is 0.0885. The lowest BCUT2D eigenvalue weighted by Crippen LogP contribution is -2.26. The summed E-state index contributed by atoms with van der Waals surface area (Å²) in [6.45, 7) is 6.50. The average Bonchev–Trinajstić information content (AvgIpc) is 2.96. The lowest BCUT2D eigenvalue weighted by Gasteiger charge is -2.31. The third-order valence-electron chi connectivity index (χ3n) is 5.34. The van der Waals surface area contributed by atoms with Crippen LogP contribution >= 0.6 is 0 Å². The third-order valence-corrected chi connectivity index (χ3v) is 5.34. The molecule has 0 aliphatic heterocycles. The number of methoxy groups -OCH3 is 2. The number of aliphatic hydroxyl groups excluding tert-OH is 1. The average molecular weight is 387 g/mol. The van der Waals surface area contributed by atoms with Crippen molar-refractivity contribution in [3.05, 3.63) is 46.4 Å². The van der Waals surface area contributed by atoms with Gasteiger partial charge in [-0.2, -0.15) is 0 Å². The van der Waals surface area contributed by atoms with Crippen molar-refractivity contribution in [3.8, 4) is 11.5 Å². The van der Waals surface area contributed by atoms with E-state index in [-0.39, 0.29) is 11.3 Å². The van der Waals surface area contributed by atoms with E-state index in [0.717, 1.165) is 28.9 Å². The van der Waals surface area contributed by atoms with Crippen molar-refractivity contribution in [2.75, 3.05) is 20.8 Å². The maximum absolute atomic E-state index is 12.6. The number of rotatable bonds is 6. The SMILES string of the molecule is COc1ccc(CCNC(=O)c2oc3c(c2C)C(O)CC(C)(C)C3)cc1OC. The maximum Gasteiger partial charge on any atom is 0.287 e. The Hall–Kier alpha value is -2.47. The summed E-state index contributed by atoms with van der Waals surface area (Å²) in [6, 6.07) is 5.70. The highest BCUT2D eigenvalue weighted by molar-refractivity contribution is 5.93. The van der Waals surface area contributed by atoms with E-state index in [1.165, 1.54) is 0 Å². The Labute approximate surface area is 165 Å². The van der Waals surface area contributed by atoms with Gasteiger partial charge in [0.1, 0.15) is 5.76 Å². The van der Waals surface area contributed by atoms with Gasteiger partial charge >= 0.3 is 0 Å². The van der Waals surface area contributed by atoms with Crippen molar-refractivity contribution in [1.29, 1.82) is 0 Å². The molecule has 6 nitrogen and oxygen atoms in total. The molecule has 1 aliphatic carbocycles. The fraction of sp³-hybridized carbons (Fsp3) is 0.500. The maximum atomic E-state index is 12.6. The van der Waals surface area contributed by atoms with Crippen molar-refractivity contribution in [2.45, 2.75) is 46.1 Å². The number of ether oxygens (including phenoxy) is 2. The molecule has 0 radical (unpaired) electrons. The summed E-state index contributed by atoms with van der Waals surface area (Å²) in [5.41, 5.74) is 2.51. The fourth-order valence-electron chi connectivity index (χ4n) is 3.94. The van der Waals surface area contributed by atoms with Crippen molar-refractivity contribution < 1.29 is 23.8 Å². The number of hydrogen-bond acceptors (Lipinski definition) is 5. The predicted molar refractivity (Wildman–Crippen MR) is 106 cm³/mol. The zero-order valence-electron chi connectivity index (χ0n) is 17.2. The smallest absolute Gasteiger partial charge is 0.287 e. The molecule has 152 valence electrons. The molecule has 1 aliphatic rings. The summed E-state index contributed by atoms with van der Waals surface area (Å²) in [4.78, 5) is 12.6. The van der Waals surface area contributed by atoms with Crippen LogP contribution in [0.4, 0.5) is 0 Å². The van der Waals surface area contributed by atoms with Gasteiger partial charge in [-0.15, -0.1) is 0 Å². The van der Waals surface area contributed by atoms with Gasteiger partial charge in [0.05, 0.1) is 20.3 Å². The van der Waals surface area contributed by atoms with E-state index in [9.17, 15) is 9.90 Å². The lowest BCUT2D eigenvalue weighted by atomic mass is 9.75. The van der Waals surface area contributed by atoms with Crippen LogP contribution < -0.4 is 14.8 Å². The topological polar surface area (TPSA) is 80.9 Å². The molecule has 2 N–H and O–H groups in total. The van der Waals surface area contributed by atoms with Gasteiger partial charge < -0.3 is 24.3 Å². The Balaban J connectivity index is 1.66. The van der Waals surface area contributed by atoms with Gasteiger partial charge in [-0.05, 0) is 42.9 Å². The number of carbonyl (C=O) groups is 1. The normalized spacial score (nSPS) is 17.7. The van der Waals surface area contributed by atoms with E-state index in [4.69, 9.17) is 13.9 Å². The first kappa shape index (κ1) is 20.3. The van der Waals surface area contributed by atoms with Gasteiger partial charge in [0, 0.05) is 24.1 Å². The van der Waals surface area contributed by atoms with Crippen LogP contribution in [-0.2, 0) is 12.8 Å². The predicted octanol–water partition coefficient (Wildman–Crippen LogP) is 3.58. The first-order valence-corrected chi connectivity index (χ1v) is 9.55. The molecular weight excluding hydrogens is 358 g/mol. The molecule has 0 bridgehead atoms. The van der Waals surface area contributed by atoms with Gasteiger partial charge in [-0.3, -0.25) is 4.79 Å². The van der Waals surface area contributed by atoms with Crippen molar-refractivity contribution in [2.24, 2.45) is 5.41 Å². The van der Waals surface area contributed by atoms with Crippen LogP contribution in [0.5, 0.6) is 11.5 Å². The van der Waals surface area contributed by atoms with E-state index in [1.807, 2.05) is 25.1 Å². The highest BCUT2D eigenvalue weighted by Crippen LogP contribution is 2.43. The standard InChI is InChI=1S/C22H29NO5/c1-13-19-15(24)11-22(2,3)12-18(19)28-20(13)21(25)23-9-8-14-6-7-16(26-4)17(10-14)27-5/h6-7,10,15,24H,8-9,11-12H2,1-5H3,(H,23,25). The van der Waals surface area contributed by atoms with E-state index in [2.05, 4.69) is 19.2 Å². The molecule has 0 saturated heterocycles. The van der Waals surface area contributed by atoms with Crippen LogP contribution in [0.3, 0.4) is 0 Å². The minimum Gasteiger partial charge on any atom is -0.493 e. The number of carbonyl (C=O) groups excluding carboxylic acids is 1. The first-order valence-electron chi connectivity index (χ1n) is 9.55. The molecule has 6 heteroatoms. The molecule has 0 spiro atoms. The molecule has 1 heterocycles. The zero-order chi connectivity index (χ0) is 20.5. The van der Waals surface area contributed by atoms with Gasteiger partial charge in [0.2, 0.25) is 0 Å². The van der Waals surface area contributed by atoms with Crippen LogP contribution in [-0.4, -0.2) is 31.8 Å². The minimum atomic E-state index is -0.587. The quantitative estimate of drug-likeness (QED) is 0.792. The number of benzene rings is 1. The van der Waals surface area contributed by atoms with Crippen LogP contribution in [0.2, 0.25) is 0 Å². The van der Waals surface area contributed by atoms with Gasteiger partial charge in [0.25, 0.3) is 5.91 Å². The summed E-state index contributed by atoms with van der Waals surface area (Å²) in [5, 5.41) is 13.4. The number of nitrogens with one attached hydrogen (secondary N) is 1. The molecule has 1 atom stereocenters. The van der Waals surface area contributed by atoms with Crippen LogP contribution in [0.1, 0.15) is 59.4 Å². The number of aliphatic hydroxyl groups is 1. The molecule has 1 unspecified atom stereocenters. The molecule has 0 fully saturated rings. The van der Waals surface area contributed by atoms with E-state index in [0.29, 0.717) is 36.6 Å². The summed E-state index contributed by atoms with van der Waals surface area (Å²) in [7, 11) is 3.20. The van der Waals surface area contributed by atoms with Crippen LogP contribution in [0, 0.1) is 12.3 Å². The molecule has 2 aromatic rings. The van der Waals surface area contributed by atoms with Gasteiger partial charge in [-0.25, -0.2) is 0 Å². The van der Waals surface area contributed by atoms with Crippen molar-refractivity contribution in [3.63, 3.8) is 0 Å². The second kappa shape index (κ2) is 7.87. The fourth-order valence-corrected chi connectivity index (χ4v) is 3.94. The van der Waals surface area contributed by atoms with Gasteiger partial charge in [0.15, 0.2) is 17.3 Å². The van der Waals surface area contributed by atoms with E-state index in [1.54, 1.807) is 14.2 Å². The summed E-state index contributed by atoms with van der Waals surface area (Å²) < 4.78 is 16.4. The largest absolute Gasteiger partial charge is 0.493 e. The molecular formula is C22H29NO5. The zero-order valence-corrected chi connectivity index (χ0v) is 17.2. The Morgan fingerprint density at radius 1 is 1.29 bits per heavy atom. The second-order valence-electron chi connectivity index (χ2n) is 8.15. The van der Waals surface area contributed by atoms with Gasteiger partial charge in [-0.1, -0.05) is 19.9 Å². The summed E-state index contributed by atoms with van der Waals surface area (Å²) in [5.74, 6) is 2.11. The molecule has 3 rings (SSSR count). The summed E-state index contributed by atoms with van der Waals surface area (Å²) in [6.07, 6.45) is 1.46. The third kappa shape index (κ3) is 4.02. The Morgan fingerprint density at radius 3 is 2.68 bits per heavy atom. The van der Waals surface area contributed by atoms with E-state index >= 15 is 0 Å². The number of hydrogen-bond donors (Lipinski definition) is 2. The van der Waals surface area contributed by atoms with Crippen molar-refractivity contribution >= 4 is 5.91 Å². The highest BCUT2D eigenvalue weighted by Gasteiger charge is 2.37. The minimum absolute atomic E-state index is 0.0438.